The minimum absolute atomic E-state index is 0.0327. The molecule has 12 heteroatoms. The number of nitro groups is 1. The summed E-state index contributed by atoms with van der Waals surface area (Å²) >= 11 is 3.27. The van der Waals surface area contributed by atoms with Crippen molar-refractivity contribution in [1.82, 2.24) is 5.43 Å². The van der Waals surface area contributed by atoms with Crippen LogP contribution in [0.2, 0.25) is 0 Å². The van der Waals surface area contributed by atoms with Crippen molar-refractivity contribution >= 4 is 33.7 Å². The molecule has 0 atom stereocenters. The number of hydrogen-bond acceptors (Lipinski definition) is 6. The maximum absolute atomic E-state index is 13.0. The smallest absolute Gasteiger partial charge is 0.416 e. The average Bonchev–Trinajstić information content (AvgIpc) is 2.79. The van der Waals surface area contributed by atoms with Crippen molar-refractivity contribution in [3.05, 3.63) is 91.9 Å². The predicted molar refractivity (Wildman–Crippen MR) is 120 cm³/mol. The number of halogens is 4. The van der Waals surface area contributed by atoms with Crippen molar-refractivity contribution in [3.8, 4) is 17.2 Å². The molecule has 3 rings (SSSR count). The molecular formula is C22H15BrF3N3O5. The van der Waals surface area contributed by atoms with Crippen LogP contribution in [0.1, 0.15) is 21.5 Å². The standard InChI is InChI=1S/C22H15BrF3N3O5/c1-33-17-7-9-19(34-20-8-4-15(22(24,25)26)11-18(20)29(31)32)14(10-17)12-27-28-21(30)13-2-5-16(23)6-3-13/h2-12H,1H3,(H,28,30)/b27-12-. The Balaban J connectivity index is 1.88. The highest BCUT2D eigenvalue weighted by Crippen LogP contribution is 2.38. The number of carbonyl (C=O) groups excluding carboxylic acids is 1. The van der Waals surface area contributed by atoms with E-state index in [2.05, 4.69) is 26.5 Å². The fourth-order valence-electron chi connectivity index (χ4n) is 2.71. The Morgan fingerprint density at radius 1 is 1.09 bits per heavy atom. The maximum Gasteiger partial charge on any atom is 0.416 e. The highest BCUT2D eigenvalue weighted by molar-refractivity contribution is 9.10. The molecule has 0 unspecified atom stereocenters. The molecule has 0 aliphatic carbocycles. The molecule has 1 N–H and O–H groups in total. The van der Waals surface area contributed by atoms with E-state index in [0.29, 0.717) is 23.4 Å². The summed E-state index contributed by atoms with van der Waals surface area (Å²) in [4.78, 5) is 22.6. The minimum atomic E-state index is -4.76. The van der Waals surface area contributed by atoms with Gasteiger partial charge in [-0.25, -0.2) is 5.43 Å². The van der Waals surface area contributed by atoms with Crippen LogP contribution in [-0.4, -0.2) is 24.2 Å². The van der Waals surface area contributed by atoms with Crippen LogP contribution in [0.3, 0.4) is 0 Å². The van der Waals surface area contributed by atoms with Gasteiger partial charge in [-0.3, -0.25) is 14.9 Å². The highest BCUT2D eigenvalue weighted by Gasteiger charge is 2.33. The van der Waals surface area contributed by atoms with Crippen molar-refractivity contribution in [2.75, 3.05) is 7.11 Å². The Kier molecular flexibility index (Phi) is 7.51. The van der Waals surface area contributed by atoms with Gasteiger partial charge >= 0.3 is 11.9 Å². The van der Waals surface area contributed by atoms with Crippen LogP contribution in [0.25, 0.3) is 0 Å². The number of nitro benzene ring substituents is 1. The number of nitrogens with zero attached hydrogens (tertiary/aromatic N) is 2. The SMILES string of the molecule is COc1ccc(Oc2ccc(C(F)(F)F)cc2[N+](=O)[O-])c(/C=N\NC(=O)c2ccc(Br)cc2)c1. The van der Waals surface area contributed by atoms with Crippen LogP contribution < -0.4 is 14.9 Å². The van der Waals surface area contributed by atoms with Crippen LogP contribution in [0.15, 0.2) is 70.2 Å². The molecule has 3 aromatic carbocycles. The van der Waals surface area contributed by atoms with Gasteiger partial charge in [-0.1, -0.05) is 15.9 Å². The maximum atomic E-state index is 13.0. The number of rotatable bonds is 7. The fourth-order valence-corrected chi connectivity index (χ4v) is 2.98. The largest absolute Gasteiger partial charge is 0.497 e. The lowest BCUT2D eigenvalue weighted by Crippen LogP contribution is -2.17. The van der Waals surface area contributed by atoms with E-state index in [0.717, 1.165) is 10.5 Å². The van der Waals surface area contributed by atoms with Crippen molar-refractivity contribution in [2.24, 2.45) is 5.10 Å². The monoisotopic (exact) mass is 537 g/mol. The van der Waals surface area contributed by atoms with Crippen LogP contribution >= 0.6 is 15.9 Å². The quantitative estimate of drug-likeness (QED) is 0.228. The van der Waals surface area contributed by atoms with E-state index in [1.54, 1.807) is 24.3 Å². The zero-order valence-corrected chi connectivity index (χ0v) is 18.9. The van der Waals surface area contributed by atoms with E-state index in [4.69, 9.17) is 9.47 Å². The number of carbonyl (C=O) groups is 1. The Labute approximate surface area is 199 Å². The van der Waals surface area contributed by atoms with Gasteiger partial charge in [0.15, 0.2) is 0 Å². The lowest BCUT2D eigenvalue weighted by atomic mass is 10.1. The molecule has 0 aliphatic heterocycles. The first-order chi connectivity index (χ1) is 16.1. The number of benzene rings is 3. The molecule has 0 aromatic heterocycles. The summed E-state index contributed by atoms with van der Waals surface area (Å²) in [5.74, 6) is -0.482. The van der Waals surface area contributed by atoms with Crippen molar-refractivity contribution in [2.45, 2.75) is 6.18 Å². The van der Waals surface area contributed by atoms with E-state index >= 15 is 0 Å². The second-order valence-electron chi connectivity index (χ2n) is 6.65. The minimum Gasteiger partial charge on any atom is -0.497 e. The first kappa shape index (κ1) is 24.7. The van der Waals surface area contributed by atoms with Gasteiger partial charge in [-0.05, 0) is 54.6 Å². The normalized spacial score (nSPS) is 11.3. The Hall–Kier alpha value is -3.93. The molecule has 0 spiro atoms. The van der Waals surface area contributed by atoms with E-state index in [1.807, 2.05) is 0 Å². The molecule has 0 saturated carbocycles. The number of amides is 1. The zero-order valence-electron chi connectivity index (χ0n) is 17.3. The number of methoxy groups -OCH3 is 1. The zero-order chi connectivity index (χ0) is 24.9. The van der Waals surface area contributed by atoms with Crippen LogP contribution in [-0.2, 0) is 6.18 Å². The molecule has 8 nitrogen and oxygen atoms in total. The van der Waals surface area contributed by atoms with E-state index in [9.17, 15) is 28.1 Å². The number of hydrogen-bond donors (Lipinski definition) is 1. The van der Waals surface area contributed by atoms with Crippen molar-refractivity contribution < 1.29 is 32.4 Å². The predicted octanol–water partition coefficient (Wildman–Crippen LogP) is 5.94. The van der Waals surface area contributed by atoms with Crippen LogP contribution in [0.5, 0.6) is 17.2 Å². The highest BCUT2D eigenvalue weighted by atomic mass is 79.9. The van der Waals surface area contributed by atoms with Crippen LogP contribution in [0, 0.1) is 10.1 Å². The molecule has 3 aromatic rings. The van der Waals surface area contributed by atoms with E-state index < -0.39 is 34.0 Å². The number of alkyl halides is 3. The molecule has 176 valence electrons. The molecule has 34 heavy (non-hydrogen) atoms. The lowest BCUT2D eigenvalue weighted by Gasteiger charge is -2.12. The Morgan fingerprint density at radius 2 is 1.76 bits per heavy atom. The van der Waals surface area contributed by atoms with Gasteiger partial charge in [-0.2, -0.15) is 18.3 Å². The van der Waals surface area contributed by atoms with Gasteiger partial charge in [0.2, 0.25) is 5.75 Å². The van der Waals surface area contributed by atoms with Gasteiger partial charge in [-0.15, -0.1) is 0 Å². The first-order valence-electron chi connectivity index (χ1n) is 9.39. The third kappa shape index (κ3) is 6.10. The third-order valence-electron chi connectivity index (χ3n) is 4.40. The van der Waals surface area contributed by atoms with Crippen molar-refractivity contribution in [1.29, 1.82) is 0 Å². The molecule has 0 radical (unpaired) electrons. The fraction of sp³-hybridized carbons (Fsp3) is 0.0909. The van der Waals surface area contributed by atoms with Crippen molar-refractivity contribution in [3.63, 3.8) is 0 Å². The summed E-state index contributed by atoms with van der Waals surface area (Å²) in [5, 5.41) is 15.2. The molecule has 0 fully saturated rings. The molecule has 1 amide bonds. The number of ether oxygens (including phenoxy) is 2. The molecular weight excluding hydrogens is 523 g/mol. The molecule has 0 saturated heterocycles. The number of hydrazone groups is 1. The summed E-state index contributed by atoms with van der Waals surface area (Å²) in [7, 11) is 1.41. The van der Waals surface area contributed by atoms with Gasteiger partial charge in [0, 0.05) is 21.7 Å². The van der Waals surface area contributed by atoms with Gasteiger partial charge in [0.25, 0.3) is 5.91 Å². The Bertz CT molecular complexity index is 1250. The number of nitrogens with one attached hydrogen (secondary N) is 1. The first-order valence-corrected chi connectivity index (χ1v) is 10.2. The topological polar surface area (TPSA) is 103 Å². The summed E-state index contributed by atoms with van der Waals surface area (Å²) in [6.07, 6.45) is -3.54. The summed E-state index contributed by atoms with van der Waals surface area (Å²) in [5.41, 5.74) is 0.879. The van der Waals surface area contributed by atoms with Gasteiger partial charge in [0.1, 0.15) is 11.5 Å². The van der Waals surface area contributed by atoms with Gasteiger partial charge in [0.05, 0.1) is 23.8 Å². The second-order valence-corrected chi connectivity index (χ2v) is 7.56. The van der Waals surface area contributed by atoms with Gasteiger partial charge < -0.3 is 9.47 Å². The second kappa shape index (κ2) is 10.3. The molecule has 0 bridgehead atoms. The van der Waals surface area contributed by atoms with E-state index in [1.165, 1.54) is 31.5 Å². The van der Waals surface area contributed by atoms with Crippen LogP contribution in [0.4, 0.5) is 18.9 Å². The lowest BCUT2D eigenvalue weighted by molar-refractivity contribution is -0.385. The summed E-state index contributed by atoms with van der Waals surface area (Å²) in [6.45, 7) is 0. The average molecular weight is 538 g/mol. The Morgan fingerprint density at radius 3 is 2.38 bits per heavy atom. The summed E-state index contributed by atoms with van der Waals surface area (Å²) in [6, 6.07) is 12.8. The molecule has 0 heterocycles. The third-order valence-corrected chi connectivity index (χ3v) is 4.92. The van der Waals surface area contributed by atoms with E-state index in [-0.39, 0.29) is 11.3 Å². The molecule has 0 aliphatic rings. The summed E-state index contributed by atoms with van der Waals surface area (Å²) < 4.78 is 50.3.